The first-order chi connectivity index (χ1) is 11.7. The molecule has 0 amide bonds. The number of ether oxygens (including phenoxy) is 1. The lowest BCUT2D eigenvalue weighted by Gasteiger charge is -2.11. The summed E-state index contributed by atoms with van der Waals surface area (Å²) in [6, 6.07) is 9.75. The second-order valence-corrected chi connectivity index (χ2v) is 5.31. The first-order valence-electron chi connectivity index (χ1n) is 7.76. The molecule has 0 aliphatic heterocycles. The number of nitrogens with two attached hydrogens (primary N) is 1. The summed E-state index contributed by atoms with van der Waals surface area (Å²) >= 11 is 0. The van der Waals surface area contributed by atoms with Crippen LogP contribution >= 0.6 is 0 Å². The molecule has 7 heteroatoms. The van der Waals surface area contributed by atoms with Crippen molar-refractivity contribution in [2.24, 2.45) is 0 Å². The molecule has 0 atom stereocenters. The Kier molecular flexibility index (Phi) is 4.60. The summed E-state index contributed by atoms with van der Waals surface area (Å²) in [6.45, 7) is 5.30. The molecular weight excluding hydrogens is 304 g/mol. The number of nitrogens with zero attached hydrogens (tertiary/aromatic N) is 4. The van der Waals surface area contributed by atoms with Gasteiger partial charge in [0.1, 0.15) is 11.6 Å². The number of aryl methyl sites for hydroxylation is 1. The first-order valence-corrected chi connectivity index (χ1v) is 7.76. The summed E-state index contributed by atoms with van der Waals surface area (Å²) in [5.41, 5.74) is 8.03. The number of benzene rings is 1. The monoisotopic (exact) mass is 324 g/mol. The van der Waals surface area contributed by atoms with Crippen LogP contribution in [-0.4, -0.2) is 26.4 Å². The maximum absolute atomic E-state index is 5.79. The van der Waals surface area contributed by atoms with Gasteiger partial charge in [-0.3, -0.25) is 0 Å². The van der Waals surface area contributed by atoms with Crippen LogP contribution in [0.25, 0.3) is 5.82 Å². The van der Waals surface area contributed by atoms with Crippen LogP contribution < -0.4 is 15.8 Å². The molecule has 24 heavy (non-hydrogen) atoms. The van der Waals surface area contributed by atoms with Crippen LogP contribution in [0.5, 0.6) is 5.75 Å². The van der Waals surface area contributed by atoms with Gasteiger partial charge in [0.15, 0.2) is 5.82 Å². The van der Waals surface area contributed by atoms with E-state index in [0.29, 0.717) is 24.8 Å². The highest BCUT2D eigenvalue weighted by Gasteiger charge is 2.06. The summed E-state index contributed by atoms with van der Waals surface area (Å²) < 4.78 is 7.20. The fourth-order valence-corrected chi connectivity index (χ4v) is 2.40. The molecule has 3 N–H and O–H groups in total. The van der Waals surface area contributed by atoms with Gasteiger partial charge in [-0.05, 0) is 37.1 Å². The van der Waals surface area contributed by atoms with Crippen molar-refractivity contribution < 1.29 is 4.74 Å². The zero-order valence-corrected chi connectivity index (χ0v) is 13.7. The van der Waals surface area contributed by atoms with Crippen molar-refractivity contribution in [3.8, 4) is 11.6 Å². The van der Waals surface area contributed by atoms with Gasteiger partial charge in [-0.25, -0.2) is 4.68 Å². The number of nitrogen functional groups attached to an aromatic ring is 1. The van der Waals surface area contributed by atoms with Crippen LogP contribution in [0.1, 0.15) is 18.1 Å². The summed E-state index contributed by atoms with van der Waals surface area (Å²) in [7, 11) is 0. The Bertz CT molecular complexity index is 816. The molecule has 3 aromatic rings. The standard InChI is InChI=1S/C17H20N6O/c1-3-24-14-6-5-13(9-12(14)2)11-19-15-10-16(22-17(18)21-15)23-8-4-7-20-23/h4-10H,3,11H2,1-2H3,(H3,18,19,21,22). The molecule has 124 valence electrons. The van der Waals surface area contributed by atoms with E-state index in [0.717, 1.165) is 16.9 Å². The van der Waals surface area contributed by atoms with Gasteiger partial charge in [0, 0.05) is 25.0 Å². The van der Waals surface area contributed by atoms with Gasteiger partial charge in [0.2, 0.25) is 5.95 Å². The van der Waals surface area contributed by atoms with Crippen LogP contribution in [0.15, 0.2) is 42.7 Å². The third kappa shape index (κ3) is 3.62. The van der Waals surface area contributed by atoms with Crippen LogP contribution in [0.4, 0.5) is 11.8 Å². The Morgan fingerprint density at radius 2 is 2.12 bits per heavy atom. The minimum absolute atomic E-state index is 0.202. The van der Waals surface area contributed by atoms with E-state index in [1.54, 1.807) is 17.1 Å². The fraction of sp³-hybridized carbons (Fsp3) is 0.235. The summed E-state index contributed by atoms with van der Waals surface area (Å²) in [5.74, 6) is 2.39. The predicted octanol–water partition coefficient (Wildman–Crippen LogP) is 2.56. The second-order valence-electron chi connectivity index (χ2n) is 5.31. The first kappa shape index (κ1) is 15.8. The minimum atomic E-state index is 0.202. The van der Waals surface area contributed by atoms with Gasteiger partial charge in [-0.1, -0.05) is 12.1 Å². The molecule has 0 saturated heterocycles. The highest BCUT2D eigenvalue weighted by molar-refractivity contribution is 5.46. The van der Waals surface area contributed by atoms with Gasteiger partial charge < -0.3 is 15.8 Å². The molecule has 2 aromatic heterocycles. The van der Waals surface area contributed by atoms with Crippen molar-refractivity contribution in [2.75, 3.05) is 17.7 Å². The highest BCUT2D eigenvalue weighted by Crippen LogP contribution is 2.20. The Morgan fingerprint density at radius 3 is 2.83 bits per heavy atom. The Balaban J connectivity index is 1.74. The molecular formula is C17H20N6O. The molecule has 3 rings (SSSR count). The molecule has 0 unspecified atom stereocenters. The Morgan fingerprint density at radius 1 is 1.25 bits per heavy atom. The molecule has 0 bridgehead atoms. The lowest BCUT2D eigenvalue weighted by atomic mass is 10.1. The number of hydrogen-bond acceptors (Lipinski definition) is 6. The van der Waals surface area contributed by atoms with Crippen molar-refractivity contribution in [1.29, 1.82) is 0 Å². The molecule has 2 heterocycles. The number of nitrogens with one attached hydrogen (secondary N) is 1. The number of hydrogen-bond donors (Lipinski definition) is 2. The molecule has 0 saturated carbocycles. The highest BCUT2D eigenvalue weighted by atomic mass is 16.5. The third-order valence-electron chi connectivity index (χ3n) is 3.48. The normalized spacial score (nSPS) is 10.6. The SMILES string of the molecule is CCOc1ccc(CNc2cc(-n3cccn3)nc(N)n2)cc1C. The zero-order valence-electron chi connectivity index (χ0n) is 13.7. The molecule has 0 spiro atoms. The summed E-state index contributed by atoms with van der Waals surface area (Å²) in [4.78, 5) is 8.41. The molecule has 7 nitrogen and oxygen atoms in total. The van der Waals surface area contributed by atoms with Crippen LogP contribution in [0, 0.1) is 6.92 Å². The lowest BCUT2D eigenvalue weighted by molar-refractivity contribution is 0.338. The van der Waals surface area contributed by atoms with Gasteiger partial charge in [-0.15, -0.1) is 0 Å². The van der Waals surface area contributed by atoms with Gasteiger partial charge in [0.25, 0.3) is 0 Å². The van der Waals surface area contributed by atoms with Crippen molar-refractivity contribution in [1.82, 2.24) is 19.7 Å². The van der Waals surface area contributed by atoms with E-state index in [-0.39, 0.29) is 5.95 Å². The third-order valence-corrected chi connectivity index (χ3v) is 3.48. The molecule has 0 aliphatic carbocycles. The maximum Gasteiger partial charge on any atom is 0.224 e. The van der Waals surface area contributed by atoms with E-state index >= 15 is 0 Å². The zero-order chi connectivity index (χ0) is 16.9. The maximum atomic E-state index is 5.79. The van der Waals surface area contributed by atoms with Gasteiger partial charge >= 0.3 is 0 Å². The number of aromatic nitrogens is 4. The predicted molar refractivity (Wildman–Crippen MR) is 93.2 cm³/mol. The average Bonchev–Trinajstić information content (AvgIpc) is 3.09. The topological polar surface area (TPSA) is 90.9 Å². The molecule has 0 fully saturated rings. The lowest BCUT2D eigenvalue weighted by Crippen LogP contribution is -2.08. The average molecular weight is 324 g/mol. The van der Waals surface area contributed by atoms with E-state index in [1.165, 1.54) is 0 Å². The van der Waals surface area contributed by atoms with Gasteiger partial charge in [0.05, 0.1) is 6.61 Å². The van der Waals surface area contributed by atoms with Gasteiger partial charge in [-0.2, -0.15) is 15.1 Å². The fourth-order valence-electron chi connectivity index (χ4n) is 2.40. The molecule has 0 radical (unpaired) electrons. The second kappa shape index (κ2) is 6.99. The molecule has 0 aliphatic rings. The summed E-state index contributed by atoms with van der Waals surface area (Å²) in [6.07, 6.45) is 3.50. The quantitative estimate of drug-likeness (QED) is 0.724. The molecule has 1 aromatic carbocycles. The van der Waals surface area contributed by atoms with Crippen molar-refractivity contribution in [3.05, 3.63) is 53.9 Å². The minimum Gasteiger partial charge on any atom is -0.494 e. The van der Waals surface area contributed by atoms with E-state index in [9.17, 15) is 0 Å². The van der Waals surface area contributed by atoms with E-state index < -0.39 is 0 Å². The number of anilines is 2. The van der Waals surface area contributed by atoms with Crippen molar-refractivity contribution in [3.63, 3.8) is 0 Å². The largest absolute Gasteiger partial charge is 0.494 e. The number of rotatable bonds is 6. The van der Waals surface area contributed by atoms with Crippen LogP contribution in [0.2, 0.25) is 0 Å². The van der Waals surface area contributed by atoms with Crippen molar-refractivity contribution in [2.45, 2.75) is 20.4 Å². The van der Waals surface area contributed by atoms with Crippen LogP contribution in [-0.2, 0) is 6.54 Å². The smallest absolute Gasteiger partial charge is 0.224 e. The van der Waals surface area contributed by atoms with E-state index in [4.69, 9.17) is 10.5 Å². The summed E-state index contributed by atoms with van der Waals surface area (Å²) in [5, 5.41) is 7.42. The Labute approximate surface area is 140 Å². The van der Waals surface area contributed by atoms with Crippen LogP contribution in [0.3, 0.4) is 0 Å². The van der Waals surface area contributed by atoms with Crippen molar-refractivity contribution >= 4 is 11.8 Å². The Hall–Kier alpha value is -3.09. The van der Waals surface area contributed by atoms with E-state index in [1.807, 2.05) is 38.1 Å². The van der Waals surface area contributed by atoms with E-state index in [2.05, 4.69) is 26.4 Å².